The average Bonchev–Trinajstić information content (AvgIpc) is 2.54. The summed E-state index contributed by atoms with van der Waals surface area (Å²) in [5.74, 6) is 0.637. The van der Waals surface area contributed by atoms with Crippen LogP contribution in [0.2, 0.25) is 0 Å². The standard InChI is InChI=1S/C18H23N3O/c1-3-4-10-18(22)20-17-12-11-16(13-19-17)21(2)14-15-8-6-5-7-9-15/h5-9,11-13H,3-4,10,14H2,1-2H3,(H,19,20,22). The third kappa shape index (κ3) is 4.88. The molecule has 1 heterocycles. The number of amides is 1. The van der Waals surface area contributed by atoms with Crippen molar-refractivity contribution in [2.75, 3.05) is 17.3 Å². The number of benzene rings is 1. The van der Waals surface area contributed by atoms with Crippen LogP contribution in [0.15, 0.2) is 48.7 Å². The first-order valence-electron chi connectivity index (χ1n) is 7.70. The smallest absolute Gasteiger partial charge is 0.225 e. The van der Waals surface area contributed by atoms with E-state index in [0.717, 1.165) is 25.1 Å². The van der Waals surface area contributed by atoms with Gasteiger partial charge in [0, 0.05) is 20.0 Å². The molecule has 1 amide bonds. The molecule has 0 unspecified atom stereocenters. The van der Waals surface area contributed by atoms with Gasteiger partial charge >= 0.3 is 0 Å². The molecule has 116 valence electrons. The summed E-state index contributed by atoms with van der Waals surface area (Å²) in [6.07, 6.45) is 4.26. The number of nitrogens with one attached hydrogen (secondary N) is 1. The molecule has 0 radical (unpaired) electrons. The first-order valence-corrected chi connectivity index (χ1v) is 7.70. The van der Waals surface area contributed by atoms with Crippen LogP contribution in [0.3, 0.4) is 0 Å². The molecular formula is C18H23N3O. The van der Waals surface area contributed by atoms with Gasteiger partial charge in [0.05, 0.1) is 11.9 Å². The lowest BCUT2D eigenvalue weighted by atomic mass is 10.2. The number of aromatic nitrogens is 1. The molecule has 0 aliphatic carbocycles. The fourth-order valence-corrected chi connectivity index (χ4v) is 2.18. The monoisotopic (exact) mass is 297 g/mol. The van der Waals surface area contributed by atoms with Crippen LogP contribution in [0.5, 0.6) is 0 Å². The highest BCUT2D eigenvalue weighted by Gasteiger charge is 2.05. The quantitative estimate of drug-likeness (QED) is 0.844. The van der Waals surface area contributed by atoms with E-state index in [9.17, 15) is 4.79 Å². The SMILES string of the molecule is CCCCC(=O)Nc1ccc(N(C)Cc2ccccc2)cn1. The van der Waals surface area contributed by atoms with Crippen molar-refractivity contribution in [2.45, 2.75) is 32.7 Å². The maximum Gasteiger partial charge on any atom is 0.225 e. The summed E-state index contributed by atoms with van der Waals surface area (Å²) in [5, 5.41) is 2.82. The predicted octanol–water partition coefficient (Wildman–Crippen LogP) is 3.85. The van der Waals surface area contributed by atoms with Crippen molar-refractivity contribution in [3.63, 3.8) is 0 Å². The molecule has 2 rings (SSSR count). The second-order valence-corrected chi connectivity index (χ2v) is 5.40. The molecule has 2 aromatic rings. The highest BCUT2D eigenvalue weighted by Crippen LogP contribution is 2.16. The largest absolute Gasteiger partial charge is 0.369 e. The third-order valence-electron chi connectivity index (χ3n) is 3.48. The number of carbonyl (C=O) groups excluding carboxylic acids is 1. The van der Waals surface area contributed by atoms with Crippen LogP contribution >= 0.6 is 0 Å². The van der Waals surface area contributed by atoms with Crippen molar-refractivity contribution < 1.29 is 4.79 Å². The van der Waals surface area contributed by atoms with Crippen molar-refractivity contribution in [3.8, 4) is 0 Å². The molecule has 1 aromatic heterocycles. The zero-order valence-corrected chi connectivity index (χ0v) is 13.2. The van der Waals surface area contributed by atoms with Crippen molar-refractivity contribution in [1.82, 2.24) is 4.98 Å². The third-order valence-corrected chi connectivity index (χ3v) is 3.48. The van der Waals surface area contributed by atoms with Crippen LogP contribution in [-0.4, -0.2) is 17.9 Å². The van der Waals surface area contributed by atoms with Gasteiger partial charge in [-0.3, -0.25) is 4.79 Å². The van der Waals surface area contributed by atoms with E-state index in [1.807, 2.05) is 37.4 Å². The van der Waals surface area contributed by atoms with E-state index < -0.39 is 0 Å². The topological polar surface area (TPSA) is 45.2 Å². The van der Waals surface area contributed by atoms with Gasteiger partial charge < -0.3 is 10.2 Å². The number of hydrogen-bond donors (Lipinski definition) is 1. The summed E-state index contributed by atoms with van der Waals surface area (Å²) in [4.78, 5) is 18.1. The van der Waals surface area contributed by atoms with Crippen LogP contribution in [0.1, 0.15) is 31.7 Å². The summed E-state index contributed by atoms with van der Waals surface area (Å²) >= 11 is 0. The first kappa shape index (κ1) is 16.0. The average molecular weight is 297 g/mol. The Morgan fingerprint density at radius 1 is 1.18 bits per heavy atom. The lowest BCUT2D eigenvalue weighted by molar-refractivity contribution is -0.116. The van der Waals surface area contributed by atoms with Gasteiger partial charge in [0.25, 0.3) is 0 Å². The van der Waals surface area contributed by atoms with E-state index in [-0.39, 0.29) is 5.91 Å². The van der Waals surface area contributed by atoms with Crippen LogP contribution in [0.25, 0.3) is 0 Å². The zero-order valence-electron chi connectivity index (χ0n) is 13.2. The summed E-state index contributed by atoms with van der Waals surface area (Å²) in [7, 11) is 2.03. The molecule has 1 aromatic carbocycles. The second kappa shape index (κ2) is 8.17. The molecule has 0 aliphatic rings. The van der Waals surface area contributed by atoms with Crippen molar-refractivity contribution in [2.24, 2.45) is 0 Å². The molecular weight excluding hydrogens is 274 g/mol. The Morgan fingerprint density at radius 3 is 2.59 bits per heavy atom. The number of carbonyl (C=O) groups is 1. The molecule has 0 fully saturated rings. The number of hydrogen-bond acceptors (Lipinski definition) is 3. The Kier molecular flexibility index (Phi) is 5.95. The lowest BCUT2D eigenvalue weighted by Crippen LogP contribution is -2.17. The molecule has 0 spiro atoms. The minimum absolute atomic E-state index is 0.0275. The summed E-state index contributed by atoms with van der Waals surface area (Å²) in [5.41, 5.74) is 2.28. The molecule has 0 aliphatic heterocycles. The highest BCUT2D eigenvalue weighted by molar-refractivity contribution is 5.89. The molecule has 0 saturated carbocycles. The fraction of sp³-hybridized carbons (Fsp3) is 0.333. The van der Waals surface area contributed by atoms with Crippen molar-refractivity contribution >= 4 is 17.4 Å². The molecule has 0 atom stereocenters. The van der Waals surface area contributed by atoms with E-state index in [2.05, 4.69) is 34.3 Å². The van der Waals surface area contributed by atoms with Gasteiger partial charge in [-0.1, -0.05) is 43.7 Å². The number of anilines is 2. The van der Waals surface area contributed by atoms with Gasteiger partial charge in [0.2, 0.25) is 5.91 Å². The fourth-order valence-electron chi connectivity index (χ4n) is 2.18. The molecule has 0 bridgehead atoms. The van der Waals surface area contributed by atoms with Crippen LogP contribution in [0.4, 0.5) is 11.5 Å². The Balaban J connectivity index is 1.92. The number of pyridine rings is 1. The molecule has 0 saturated heterocycles. The maximum absolute atomic E-state index is 11.7. The van der Waals surface area contributed by atoms with Crippen LogP contribution < -0.4 is 10.2 Å². The molecule has 4 nitrogen and oxygen atoms in total. The van der Waals surface area contributed by atoms with Gasteiger partial charge in [-0.05, 0) is 24.1 Å². The first-order chi connectivity index (χ1) is 10.7. The minimum atomic E-state index is 0.0275. The second-order valence-electron chi connectivity index (χ2n) is 5.40. The summed E-state index contributed by atoms with van der Waals surface area (Å²) < 4.78 is 0. The normalized spacial score (nSPS) is 10.3. The predicted molar refractivity (Wildman–Crippen MR) is 90.9 cm³/mol. The Hall–Kier alpha value is -2.36. The number of rotatable bonds is 7. The number of nitrogens with zero attached hydrogens (tertiary/aromatic N) is 2. The van der Waals surface area contributed by atoms with Gasteiger partial charge in [0.1, 0.15) is 5.82 Å². The lowest BCUT2D eigenvalue weighted by Gasteiger charge is -2.19. The number of unbranched alkanes of at least 4 members (excludes halogenated alkanes) is 1. The van der Waals surface area contributed by atoms with Gasteiger partial charge in [-0.25, -0.2) is 4.98 Å². The van der Waals surface area contributed by atoms with E-state index in [0.29, 0.717) is 12.2 Å². The summed E-state index contributed by atoms with van der Waals surface area (Å²) in [6.45, 7) is 2.90. The van der Waals surface area contributed by atoms with Crippen molar-refractivity contribution in [3.05, 3.63) is 54.2 Å². The van der Waals surface area contributed by atoms with E-state index in [1.165, 1.54) is 5.56 Å². The maximum atomic E-state index is 11.7. The van der Waals surface area contributed by atoms with Crippen molar-refractivity contribution in [1.29, 1.82) is 0 Å². The van der Waals surface area contributed by atoms with Gasteiger partial charge in [0.15, 0.2) is 0 Å². The molecule has 22 heavy (non-hydrogen) atoms. The Morgan fingerprint density at radius 2 is 1.95 bits per heavy atom. The van der Waals surface area contributed by atoms with Gasteiger partial charge in [-0.2, -0.15) is 0 Å². The Labute approximate surface area is 132 Å². The minimum Gasteiger partial charge on any atom is -0.369 e. The Bertz CT molecular complexity index is 581. The van der Waals surface area contributed by atoms with E-state index in [1.54, 1.807) is 6.20 Å². The molecule has 4 heteroatoms. The van der Waals surface area contributed by atoms with E-state index in [4.69, 9.17) is 0 Å². The summed E-state index contributed by atoms with van der Waals surface area (Å²) in [6, 6.07) is 14.1. The van der Waals surface area contributed by atoms with Crippen LogP contribution in [-0.2, 0) is 11.3 Å². The van der Waals surface area contributed by atoms with Gasteiger partial charge in [-0.15, -0.1) is 0 Å². The van der Waals surface area contributed by atoms with E-state index >= 15 is 0 Å². The molecule has 1 N–H and O–H groups in total. The van der Waals surface area contributed by atoms with Crippen LogP contribution in [0, 0.1) is 0 Å². The highest BCUT2D eigenvalue weighted by atomic mass is 16.1. The zero-order chi connectivity index (χ0) is 15.8.